The van der Waals surface area contributed by atoms with E-state index in [4.69, 9.17) is 4.42 Å². The van der Waals surface area contributed by atoms with Crippen LogP contribution in [0, 0.1) is 13.8 Å². The first kappa shape index (κ1) is 10.8. The fraction of sp³-hybridized carbons (Fsp3) is 0.500. The van der Waals surface area contributed by atoms with Gasteiger partial charge in [-0.1, -0.05) is 0 Å². The fourth-order valence-electron chi connectivity index (χ4n) is 1.61. The van der Waals surface area contributed by atoms with E-state index in [9.17, 15) is 9.59 Å². The van der Waals surface area contributed by atoms with Crippen molar-refractivity contribution in [2.45, 2.75) is 20.4 Å². The van der Waals surface area contributed by atoms with Crippen LogP contribution in [0.4, 0.5) is 0 Å². The lowest BCUT2D eigenvalue weighted by molar-refractivity contribution is -0.136. The number of rotatable bonds is 2. The Morgan fingerprint density at radius 1 is 1.31 bits per heavy atom. The molecule has 16 heavy (non-hydrogen) atoms. The number of oxazole rings is 1. The Morgan fingerprint density at radius 2 is 1.94 bits per heavy atom. The molecule has 1 fully saturated rings. The second kappa shape index (κ2) is 4.05. The Kier molecular flexibility index (Phi) is 2.74. The minimum absolute atomic E-state index is 0.201. The summed E-state index contributed by atoms with van der Waals surface area (Å²) in [6.45, 7) is 4.47. The first-order valence-electron chi connectivity index (χ1n) is 5.02. The molecule has 2 heterocycles. The van der Waals surface area contributed by atoms with Crippen molar-refractivity contribution in [3.63, 3.8) is 0 Å². The van der Waals surface area contributed by atoms with Crippen molar-refractivity contribution < 1.29 is 14.0 Å². The second-order valence-corrected chi connectivity index (χ2v) is 3.87. The van der Waals surface area contributed by atoms with Crippen LogP contribution in [-0.4, -0.2) is 34.8 Å². The molecule has 1 aliphatic heterocycles. The van der Waals surface area contributed by atoms with E-state index in [2.05, 4.69) is 10.3 Å². The van der Waals surface area contributed by atoms with Gasteiger partial charge < -0.3 is 4.42 Å². The lowest BCUT2D eigenvalue weighted by atomic mass is 10.3. The van der Waals surface area contributed by atoms with Crippen molar-refractivity contribution in [3.8, 4) is 0 Å². The largest absolute Gasteiger partial charge is 0.444 e. The predicted octanol–water partition coefficient (Wildman–Crippen LogP) is -0.250. The quantitative estimate of drug-likeness (QED) is 0.700. The summed E-state index contributed by atoms with van der Waals surface area (Å²) in [6, 6.07) is 0. The van der Waals surface area contributed by atoms with E-state index in [1.54, 1.807) is 4.90 Å². The molecule has 6 heteroatoms. The molecule has 6 nitrogen and oxygen atoms in total. The maximum absolute atomic E-state index is 11.1. The normalized spacial score (nSPS) is 17.6. The van der Waals surface area contributed by atoms with Crippen LogP contribution in [0.2, 0.25) is 0 Å². The van der Waals surface area contributed by atoms with Crippen LogP contribution in [0.15, 0.2) is 4.42 Å². The maximum Gasteiger partial charge on any atom is 0.240 e. The predicted molar refractivity (Wildman–Crippen MR) is 54.4 cm³/mol. The van der Waals surface area contributed by atoms with Crippen molar-refractivity contribution in [1.82, 2.24) is 15.2 Å². The van der Waals surface area contributed by atoms with Crippen LogP contribution in [0.5, 0.6) is 0 Å². The maximum atomic E-state index is 11.1. The van der Waals surface area contributed by atoms with Crippen molar-refractivity contribution in [2.75, 3.05) is 13.1 Å². The van der Waals surface area contributed by atoms with E-state index < -0.39 is 0 Å². The third-order valence-corrected chi connectivity index (χ3v) is 2.44. The zero-order chi connectivity index (χ0) is 11.7. The molecule has 1 aromatic rings. The third kappa shape index (κ3) is 2.27. The fourth-order valence-corrected chi connectivity index (χ4v) is 1.61. The van der Waals surface area contributed by atoms with Crippen molar-refractivity contribution in [2.24, 2.45) is 0 Å². The highest BCUT2D eigenvalue weighted by Crippen LogP contribution is 2.11. The zero-order valence-corrected chi connectivity index (χ0v) is 9.24. The first-order chi connectivity index (χ1) is 7.54. The Morgan fingerprint density at radius 3 is 2.44 bits per heavy atom. The van der Waals surface area contributed by atoms with E-state index in [1.807, 2.05) is 13.8 Å². The van der Waals surface area contributed by atoms with Gasteiger partial charge in [0.25, 0.3) is 0 Å². The standard InChI is InChI=1S/C10H13N3O3/c1-6-7(2)16-10(11-6)5-13-3-8(14)12-9(15)4-13/h3-5H2,1-2H3,(H,12,14,15). The average Bonchev–Trinajstić information content (AvgIpc) is 2.43. The van der Waals surface area contributed by atoms with Gasteiger partial charge in [-0.3, -0.25) is 19.8 Å². The SMILES string of the molecule is Cc1nc(CN2CC(=O)NC(=O)C2)oc1C. The summed E-state index contributed by atoms with van der Waals surface area (Å²) in [4.78, 5) is 28.1. The van der Waals surface area contributed by atoms with Crippen LogP contribution in [0.1, 0.15) is 17.3 Å². The van der Waals surface area contributed by atoms with Gasteiger partial charge in [0.15, 0.2) is 0 Å². The number of hydrogen-bond acceptors (Lipinski definition) is 5. The minimum Gasteiger partial charge on any atom is -0.444 e. The number of piperazine rings is 1. The molecule has 0 aromatic carbocycles. The highest BCUT2D eigenvalue weighted by atomic mass is 16.4. The van der Waals surface area contributed by atoms with Gasteiger partial charge in [-0.15, -0.1) is 0 Å². The second-order valence-electron chi connectivity index (χ2n) is 3.87. The number of aromatic nitrogens is 1. The van der Waals surface area contributed by atoms with Gasteiger partial charge in [0.05, 0.1) is 25.3 Å². The molecule has 0 spiro atoms. The molecule has 0 aliphatic carbocycles. The smallest absolute Gasteiger partial charge is 0.240 e. The van der Waals surface area contributed by atoms with Gasteiger partial charge >= 0.3 is 0 Å². The molecule has 86 valence electrons. The number of carbonyl (C=O) groups is 2. The monoisotopic (exact) mass is 223 g/mol. The molecule has 0 radical (unpaired) electrons. The van der Waals surface area contributed by atoms with Gasteiger partial charge in [-0.25, -0.2) is 4.98 Å². The molecular weight excluding hydrogens is 210 g/mol. The van der Waals surface area contributed by atoms with Crippen molar-refractivity contribution in [1.29, 1.82) is 0 Å². The summed E-state index contributed by atoms with van der Waals surface area (Å²) >= 11 is 0. The third-order valence-electron chi connectivity index (χ3n) is 2.44. The van der Waals surface area contributed by atoms with E-state index in [0.717, 1.165) is 11.5 Å². The molecular formula is C10H13N3O3. The summed E-state index contributed by atoms with van der Waals surface area (Å²) < 4.78 is 5.39. The van der Waals surface area contributed by atoms with E-state index in [0.29, 0.717) is 12.4 Å². The van der Waals surface area contributed by atoms with Crippen LogP contribution in [0.25, 0.3) is 0 Å². The van der Waals surface area contributed by atoms with Gasteiger partial charge in [0.1, 0.15) is 5.76 Å². The zero-order valence-electron chi connectivity index (χ0n) is 9.24. The molecule has 0 bridgehead atoms. The minimum atomic E-state index is -0.281. The average molecular weight is 223 g/mol. The van der Waals surface area contributed by atoms with Gasteiger partial charge in [0.2, 0.25) is 17.7 Å². The first-order valence-corrected chi connectivity index (χ1v) is 5.02. The summed E-state index contributed by atoms with van der Waals surface area (Å²) in [5.41, 5.74) is 0.836. The molecule has 1 aromatic heterocycles. The van der Waals surface area contributed by atoms with Crippen LogP contribution in [0.3, 0.4) is 0 Å². The van der Waals surface area contributed by atoms with Gasteiger partial charge in [-0.2, -0.15) is 0 Å². The van der Waals surface area contributed by atoms with Crippen LogP contribution < -0.4 is 5.32 Å². The number of aryl methyl sites for hydroxylation is 2. The van der Waals surface area contributed by atoms with E-state index in [-0.39, 0.29) is 24.9 Å². The van der Waals surface area contributed by atoms with Crippen LogP contribution >= 0.6 is 0 Å². The molecule has 0 unspecified atom stereocenters. The van der Waals surface area contributed by atoms with Gasteiger partial charge in [0, 0.05) is 0 Å². The van der Waals surface area contributed by atoms with Crippen molar-refractivity contribution in [3.05, 3.63) is 17.3 Å². The lowest BCUT2D eigenvalue weighted by Gasteiger charge is -2.23. The topological polar surface area (TPSA) is 75.4 Å². The highest BCUT2D eigenvalue weighted by molar-refractivity contribution is 5.99. The molecule has 0 saturated carbocycles. The number of nitrogens with zero attached hydrogens (tertiary/aromatic N) is 2. The Balaban J connectivity index is 2.04. The Bertz CT molecular complexity index is 403. The van der Waals surface area contributed by atoms with Crippen molar-refractivity contribution >= 4 is 11.8 Å². The van der Waals surface area contributed by atoms with E-state index in [1.165, 1.54) is 0 Å². The molecule has 1 saturated heterocycles. The molecule has 0 atom stereocenters. The number of hydrogen-bond donors (Lipinski definition) is 1. The summed E-state index contributed by atoms with van der Waals surface area (Å²) in [7, 11) is 0. The van der Waals surface area contributed by atoms with Gasteiger partial charge in [-0.05, 0) is 13.8 Å². The summed E-state index contributed by atoms with van der Waals surface area (Å²) in [6.07, 6.45) is 0. The molecule has 1 N–H and O–H groups in total. The van der Waals surface area contributed by atoms with E-state index >= 15 is 0 Å². The number of imide groups is 1. The molecule has 2 amide bonds. The summed E-state index contributed by atoms with van der Waals surface area (Å²) in [5, 5.41) is 2.24. The Hall–Kier alpha value is -1.69. The molecule has 1 aliphatic rings. The lowest BCUT2D eigenvalue weighted by Crippen LogP contribution is -2.50. The Labute approximate surface area is 92.6 Å². The highest BCUT2D eigenvalue weighted by Gasteiger charge is 2.23. The molecule has 2 rings (SSSR count). The van der Waals surface area contributed by atoms with Crippen LogP contribution in [-0.2, 0) is 16.1 Å². The summed E-state index contributed by atoms with van der Waals surface area (Å²) in [5.74, 6) is 0.743. The number of nitrogens with one attached hydrogen (secondary N) is 1. The number of amides is 2. The number of carbonyl (C=O) groups excluding carboxylic acids is 2.